The Labute approximate surface area is 620 Å². The molecule has 0 heterocycles. The fourth-order valence-corrected chi connectivity index (χ4v) is 10.6. The highest BCUT2D eigenvalue weighted by atomic mass is 16.5. The number of unbranched alkanes of at least 4 members (excludes halogenated alkanes) is 26. The predicted molar refractivity (Wildman–Crippen MR) is 442 cm³/mol. The molecule has 9 heteroatoms. The van der Waals surface area contributed by atoms with Crippen LogP contribution in [0.4, 0.5) is 0 Å². The summed E-state index contributed by atoms with van der Waals surface area (Å²) in [7, 11) is 0. The van der Waals surface area contributed by atoms with Crippen LogP contribution in [0, 0.1) is 121 Å². The number of benzene rings is 3. The first-order valence-corrected chi connectivity index (χ1v) is 36.1. The third kappa shape index (κ3) is 39.7. The summed E-state index contributed by atoms with van der Waals surface area (Å²) in [6, 6.07) is 10.2. The van der Waals surface area contributed by atoms with Crippen LogP contribution in [-0.2, 0) is 35.9 Å². The number of rotatable bonds is 33. The van der Waals surface area contributed by atoms with Gasteiger partial charge in [0.05, 0.1) is 29.9 Å². The zero-order chi connectivity index (χ0) is 73.3. The van der Waals surface area contributed by atoms with Crippen LogP contribution >= 0.6 is 0 Å². The van der Waals surface area contributed by atoms with Crippen molar-refractivity contribution >= 4 is 17.9 Å². The van der Waals surface area contributed by atoms with Gasteiger partial charge in [-0.1, -0.05) is 264 Å². The molecule has 0 aromatic heterocycles. The first kappa shape index (κ1) is 87.5. The van der Waals surface area contributed by atoms with E-state index in [9.17, 15) is 29.7 Å². The summed E-state index contributed by atoms with van der Waals surface area (Å²) in [6.45, 7) is 33.2. The first-order valence-electron chi connectivity index (χ1n) is 36.1. The van der Waals surface area contributed by atoms with Crippen molar-refractivity contribution in [2.24, 2.45) is 0 Å². The molecule has 3 rings (SSSR count). The molecule has 0 spiro atoms. The zero-order valence-corrected chi connectivity index (χ0v) is 63.0. The highest BCUT2D eigenvalue weighted by Gasteiger charge is 2.30. The minimum absolute atomic E-state index is 0. The van der Waals surface area contributed by atoms with Gasteiger partial charge in [-0.05, 0) is 143 Å². The number of terminal acetylenes is 1. The van der Waals surface area contributed by atoms with Gasteiger partial charge in [0.15, 0.2) is 0 Å². The van der Waals surface area contributed by atoms with E-state index in [1.165, 1.54) is 154 Å². The number of carbonyl (C=O) groups is 3. The molecule has 0 amide bonds. The van der Waals surface area contributed by atoms with Crippen molar-refractivity contribution in [3.05, 3.63) is 86.5 Å². The lowest BCUT2D eigenvalue weighted by atomic mass is 9.78. The van der Waals surface area contributed by atoms with Crippen LogP contribution in [0.5, 0.6) is 17.2 Å². The van der Waals surface area contributed by atoms with Crippen LogP contribution in [-0.4, -0.2) is 46.4 Å². The lowest BCUT2D eigenvalue weighted by Gasteiger charge is -2.28. The molecule has 0 fully saturated rings. The monoisotopic (exact) mass is 1370 g/mol. The van der Waals surface area contributed by atoms with Crippen molar-refractivity contribution in [2.75, 3.05) is 13.2 Å². The number of ether oxygens (including phenoxy) is 3. The molecule has 3 N–H and O–H groups in total. The van der Waals surface area contributed by atoms with Crippen LogP contribution in [0.2, 0.25) is 0 Å². The van der Waals surface area contributed by atoms with Gasteiger partial charge in [0, 0.05) is 93.9 Å². The topological polar surface area (TPSA) is 140 Å². The SMILES string of the molecule is C#CC#CC#CC#CC#CC#CC#CC#CC#COC(=O)c1cc(C(C)(C)C)c(O)c(C(C)(C)C)c1.CCCCCCCCCCCCCCCCOC(=O)c1cc(C(C)(C)C)c(O)c(C(C)(C)C)c1.CCCCCCCCCCCCCCCCOC(=O)c1cc(C)c(O)c(C)c1.[HH].[HH].[HH].[HH].[HH].[HH].[HH].[HH].[HH].[HH].[HH].[HH].[HH].[HH].[HH].[HH].[HH]. The molecule has 98 heavy (non-hydrogen) atoms. The smallest absolute Gasteiger partial charge is 0.352 e. The van der Waals surface area contributed by atoms with E-state index in [0.717, 1.165) is 36.8 Å². The van der Waals surface area contributed by atoms with Crippen LogP contribution < -0.4 is 0 Å². The van der Waals surface area contributed by atoms with Crippen molar-refractivity contribution in [3.63, 3.8) is 0 Å². The summed E-state index contributed by atoms with van der Waals surface area (Å²) in [5, 5.41) is 31.4. The van der Waals surface area contributed by atoms with Crippen molar-refractivity contribution in [1.29, 1.82) is 0 Å². The molecule has 0 unspecified atom stereocenters. The van der Waals surface area contributed by atoms with Crippen LogP contribution in [0.25, 0.3) is 0 Å². The molecule has 0 atom stereocenters. The second-order valence-corrected chi connectivity index (χ2v) is 29.3. The molecule has 0 radical (unpaired) electrons. The van der Waals surface area contributed by atoms with E-state index >= 15 is 0 Å². The number of esters is 3. The van der Waals surface area contributed by atoms with Gasteiger partial charge in [0.2, 0.25) is 0 Å². The zero-order valence-electron chi connectivity index (χ0n) is 63.0. The normalized spacial score (nSPS) is 10.4. The van der Waals surface area contributed by atoms with Gasteiger partial charge in [-0.25, -0.2) is 14.4 Å². The van der Waals surface area contributed by atoms with Gasteiger partial charge in [-0.15, -0.1) is 6.42 Å². The maximum Gasteiger partial charge on any atom is 0.352 e. The minimum atomic E-state index is -0.634. The maximum absolute atomic E-state index is 12.7. The summed E-state index contributed by atoms with van der Waals surface area (Å²) in [4.78, 5) is 37.4. The number of aromatic hydroxyl groups is 3. The number of phenolic OH excluding ortho intramolecular Hbond substituents is 3. The summed E-state index contributed by atoms with van der Waals surface area (Å²) in [6.07, 6.45) is 44.0. The molecule has 3 aromatic rings. The van der Waals surface area contributed by atoms with E-state index < -0.39 is 5.97 Å². The Morgan fingerprint density at radius 3 is 0.816 bits per heavy atom. The largest absolute Gasteiger partial charge is 0.507 e. The van der Waals surface area contributed by atoms with Crippen LogP contribution in [0.1, 0.15) is 365 Å². The second kappa shape index (κ2) is 49.9. The fraction of sp³-hybridized carbons (Fsp3) is 0.562. The Bertz CT molecular complexity index is 3510. The van der Waals surface area contributed by atoms with E-state index in [0.29, 0.717) is 57.9 Å². The third-order valence-corrected chi connectivity index (χ3v) is 16.3. The standard InChI is InChI=1S/C33H22O3.C31H54O3.C25H42O3.17H2/c1-8-9-10-11-12-13-14-15-16-17-18-19-20-21-22-23-24-36-31(35)27-25-28(32(2,3)4)30(34)29(26-27)33(5,6)7;1-8-9-10-11-12-13-14-15-16-17-18-19-20-21-22-34-29(33)25-23-26(30(2,3)4)28(32)27(24-25)31(5,6)7;1-4-5-6-7-8-9-10-11-12-13-14-15-16-17-18-28-25(27)23-19-21(2)24(26)22(3)20-23;;;;;;;;;;;;;;;;;/h1,25-26,34H,2-7H3;23-24,32H,8-22H2,1-7H3;19-20,26H,4-18H2,1-3H3;17*1H. The van der Waals surface area contributed by atoms with E-state index in [2.05, 4.69) is 156 Å². The fourth-order valence-electron chi connectivity index (χ4n) is 10.6. The molecule has 562 valence electrons. The number of hydrogen-bond donors (Lipinski definition) is 3. The van der Waals surface area contributed by atoms with Gasteiger partial charge < -0.3 is 29.5 Å². The molecular weight excluding hydrogens is 1210 g/mol. The third-order valence-electron chi connectivity index (χ3n) is 16.3. The molecule has 0 saturated carbocycles. The number of aryl methyl sites for hydroxylation is 2. The van der Waals surface area contributed by atoms with Crippen LogP contribution in [0.3, 0.4) is 0 Å². The summed E-state index contributed by atoms with van der Waals surface area (Å²) in [5.41, 5.74) is 4.44. The molecule has 0 aliphatic rings. The molecule has 0 bridgehead atoms. The Kier molecular flexibility index (Phi) is 44.6. The quantitative estimate of drug-likeness (QED) is 0.0235. The van der Waals surface area contributed by atoms with Crippen molar-refractivity contribution in [2.45, 2.75) is 312 Å². The summed E-state index contributed by atoms with van der Waals surface area (Å²) >= 11 is 0. The Balaban J connectivity index is -0.0000000782. The summed E-state index contributed by atoms with van der Waals surface area (Å²) in [5.74, 6) is 38.4. The van der Waals surface area contributed by atoms with Gasteiger partial charge in [0.1, 0.15) is 23.4 Å². The minimum Gasteiger partial charge on any atom is -0.507 e. The van der Waals surface area contributed by atoms with Crippen LogP contribution in [0.15, 0.2) is 36.4 Å². The van der Waals surface area contributed by atoms with E-state index in [1.807, 2.05) is 41.5 Å². The number of carbonyl (C=O) groups excluding carboxylic acids is 3. The van der Waals surface area contributed by atoms with Gasteiger partial charge in [-0.3, -0.25) is 0 Å². The molecular formula is C89H152O9. The highest BCUT2D eigenvalue weighted by Crippen LogP contribution is 2.41. The average Bonchev–Trinajstić information content (AvgIpc) is 0.769. The van der Waals surface area contributed by atoms with Crippen molar-refractivity contribution in [1.82, 2.24) is 0 Å². The Morgan fingerprint density at radius 1 is 0.337 bits per heavy atom. The number of hydrogen-bond acceptors (Lipinski definition) is 9. The average molecular weight is 1370 g/mol. The summed E-state index contributed by atoms with van der Waals surface area (Å²) < 4.78 is 16.0. The molecule has 3 aromatic carbocycles. The second-order valence-electron chi connectivity index (χ2n) is 29.3. The van der Waals surface area contributed by atoms with Crippen molar-refractivity contribution < 1.29 is 68.2 Å². The Morgan fingerprint density at radius 2 is 0.561 bits per heavy atom. The van der Waals surface area contributed by atoms with E-state index in [-0.39, 0.29) is 69.4 Å². The van der Waals surface area contributed by atoms with Gasteiger partial charge in [0.25, 0.3) is 0 Å². The molecule has 0 aliphatic carbocycles. The molecule has 9 nitrogen and oxygen atoms in total. The van der Waals surface area contributed by atoms with E-state index in [4.69, 9.17) is 20.6 Å². The predicted octanol–water partition coefficient (Wildman–Crippen LogP) is 25.2. The van der Waals surface area contributed by atoms with Crippen molar-refractivity contribution in [3.8, 4) is 125 Å². The maximum atomic E-state index is 12.7. The lowest BCUT2D eigenvalue weighted by Crippen LogP contribution is -2.19. The lowest BCUT2D eigenvalue weighted by molar-refractivity contribution is 0.0488. The van der Waals surface area contributed by atoms with Gasteiger partial charge >= 0.3 is 17.9 Å². The number of phenols is 3. The van der Waals surface area contributed by atoms with E-state index in [1.54, 1.807) is 50.2 Å². The first-order chi connectivity index (χ1) is 46.5. The Hall–Kier alpha value is -8.49. The molecule has 0 aliphatic heterocycles. The highest BCUT2D eigenvalue weighted by molar-refractivity contribution is 5.92. The van der Waals surface area contributed by atoms with Gasteiger partial charge in [-0.2, -0.15) is 0 Å². The molecule has 0 saturated heterocycles.